The van der Waals surface area contributed by atoms with Crippen molar-refractivity contribution < 1.29 is 27.5 Å². The Hall–Kier alpha value is -4.83. The molecule has 2 atom stereocenters. The molecule has 9 nitrogen and oxygen atoms in total. The van der Waals surface area contributed by atoms with Crippen molar-refractivity contribution in [1.29, 1.82) is 0 Å². The highest BCUT2D eigenvalue weighted by Gasteiger charge is 2.35. The van der Waals surface area contributed by atoms with E-state index in [0.29, 0.717) is 17.9 Å². The van der Waals surface area contributed by atoms with E-state index < -0.39 is 28.5 Å². The number of carbonyl (C=O) groups excluding carboxylic acids is 2. The second-order valence-electron chi connectivity index (χ2n) is 11.8. The topological polar surface area (TPSA) is 105 Å². The summed E-state index contributed by atoms with van der Waals surface area (Å²) in [5.41, 5.74) is 3.91. The second-order valence-corrected chi connectivity index (χ2v) is 13.7. The average Bonchev–Trinajstić information content (AvgIpc) is 3.09. The number of ether oxygens (including phenoxy) is 2. The number of methoxy groups -OCH3 is 2. The molecule has 0 radical (unpaired) electrons. The fraction of sp³-hybridized carbons (Fsp3) is 0.316. The first-order chi connectivity index (χ1) is 23.0. The number of hydrogen-bond donors (Lipinski definition) is 1. The number of nitrogens with zero attached hydrogens (tertiary/aromatic N) is 2. The number of hydrogen-bond acceptors (Lipinski definition) is 6. The van der Waals surface area contributed by atoms with Gasteiger partial charge in [0, 0.05) is 25.1 Å². The molecule has 1 N–H and O–H groups in total. The largest absolute Gasteiger partial charge is 0.493 e. The van der Waals surface area contributed by atoms with Crippen molar-refractivity contribution in [2.75, 3.05) is 25.1 Å². The zero-order chi connectivity index (χ0) is 34.8. The summed E-state index contributed by atoms with van der Waals surface area (Å²) in [7, 11) is -1.42. The van der Waals surface area contributed by atoms with E-state index in [1.54, 1.807) is 24.3 Å². The molecule has 0 saturated heterocycles. The van der Waals surface area contributed by atoms with E-state index >= 15 is 0 Å². The lowest BCUT2D eigenvalue weighted by Gasteiger charge is -2.34. The Bertz CT molecular complexity index is 1800. The number of benzene rings is 4. The molecule has 10 heteroatoms. The van der Waals surface area contributed by atoms with E-state index in [1.165, 1.54) is 37.3 Å². The summed E-state index contributed by atoms with van der Waals surface area (Å²) in [6, 6.07) is 27.4. The number of amides is 2. The molecule has 0 aliphatic rings. The van der Waals surface area contributed by atoms with Crippen molar-refractivity contribution in [3.05, 3.63) is 119 Å². The van der Waals surface area contributed by atoms with Crippen molar-refractivity contribution in [1.82, 2.24) is 10.2 Å². The number of carbonyl (C=O) groups is 2. The number of nitrogens with one attached hydrogen (secondary N) is 1. The molecule has 0 aliphatic heterocycles. The fourth-order valence-electron chi connectivity index (χ4n) is 5.31. The Labute approximate surface area is 284 Å². The molecule has 0 spiro atoms. The van der Waals surface area contributed by atoms with Crippen LogP contribution in [0.1, 0.15) is 42.5 Å². The summed E-state index contributed by atoms with van der Waals surface area (Å²) in [6.45, 7) is 7.30. The summed E-state index contributed by atoms with van der Waals surface area (Å²) >= 11 is 0. The zero-order valence-electron chi connectivity index (χ0n) is 28.5. The average molecular weight is 672 g/mol. The number of sulfonamides is 1. The highest BCUT2D eigenvalue weighted by molar-refractivity contribution is 7.92. The highest BCUT2D eigenvalue weighted by atomic mass is 32.2. The van der Waals surface area contributed by atoms with E-state index in [4.69, 9.17) is 9.47 Å². The Morgan fingerprint density at radius 1 is 0.833 bits per heavy atom. The summed E-state index contributed by atoms with van der Waals surface area (Å²) in [5.74, 6) is -0.225. The van der Waals surface area contributed by atoms with Crippen LogP contribution in [0.2, 0.25) is 0 Å². The van der Waals surface area contributed by atoms with E-state index in [-0.39, 0.29) is 35.6 Å². The molecule has 0 aliphatic carbocycles. The highest BCUT2D eigenvalue weighted by Crippen LogP contribution is 2.32. The third-order valence-electron chi connectivity index (χ3n) is 8.42. The summed E-state index contributed by atoms with van der Waals surface area (Å²) in [4.78, 5) is 30.2. The van der Waals surface area contributed by atoms with E-state index in [0.717, 1.165) is 26.6 Å². The van der Waals surface area contributed by atoms with Crippen molar-refractivity contribution in [2.24, 2.45) is 0 Å². The molecule has 0 aromatic heterocycles. The molecule has 2 amide bonds. The van der Waals surface area contributed by atoms with Crippen LogP contribution < -0.4 is 19.1 Å². The monoisotopic (exact) mass is 671 g/mol. The van der Waals surface area contributed by atoms with Gasteiger partial charge in [0.05, 0.1) is 24.8 Å². The van der Waals surface area contributed by atoms with Gasteiger partial charge in [-0.2, -0.15) is 0 Å². The summed E-state index contributed by atoms with van der Waals surface area (Å²) in [6.07, 6.45) is 0.952. The number of anilines is 1. The van der Waals surface area contributed by atoms with Gasteiger partial charge in [-0.1, -0.05) is 79.2 Å². The molecule has 0 bridgehead atoms. The lowest BCUT2D eigenvalue weighted by molar-refractivity contribution is -0.140. The van der Waals surface area contributed by atoms with Gasteiger partial charge in [-0.05, 0) is 68.1 Å². The van der Waals surface area contributed by atoms with Crippen molar-refractivity contribution in [3.63, 3.8) is 0 Å². The molecule has 0 fully saturated rings. The van der Waals surface area contributed by atoms with Gasteiger partial charge >= 0.3 is 0 Å². The molecule has 0 heterocycles. The van der Waals surface area contributed by atoms with Crippen LogP contribution in [0, 0.1) is 13.8 Å². The van der Waals surface area contributed by atoms with Gasteiger partial charge in [0.25, 0.3) is 10.0 Å². The molecule has 0 unspecified atom stereocenters. The van der Waals surface area contributed by atoms with Crippen LogP contribution >= 0.6 is 0 Å². The van der Waals surface area contributed by atoms with E-state index in [1.807, 2.05) is 82.3 Å². The number of rotatable bonds is 15. The Morgan fingerprint density at radius 2 is 1.48 bits per heavy atom. The van der Waals surface area contributed by atoms with Gasteiger partial charge in [0.2, 0.25) is 11.8 Å². The molecule has 4 aromatic rings. The van der Waals surface area contributed by atoms with Crippen molar-refractivity contribution >= 4 is 27.5 Å². The standard InChI is InChI=1S/C38H45N3O6S/c1-7-29(4)39-38(43)34(23-30-14-9-8-10-15-30)40(25-31-16-12-11-13-28(31)3)37(42)26-41(32-19-17-27(2)18-20-32)48(44,45)33-21-22-35(46-5)36(24-33)47-6/h8-22,24,29,34H,7,23,25-26H2,1-6H3,(H,39,43)/t29-,34+/m0/s1. The first-order valence-corrected chi connectivity index (χ1v) is 17.4. The van der Waals surface area contributed by atoms with Crippen molar-refractivity contribution in [3.8, 4) is 11.5 Å². The summed E-state index contributed by atoms with van der Waals surface area (Å²) in [5, 5.41) is 3.07. The Kier molecular flexibility index (Phi) is 12.2. The van der Waals surface area contributed by atoms with Crippen LogP contribution in [-0.2, 0) is 32.6 Å². The maximum Gasteiger partial charge on any atom is 0.264 e. The van der Waals surface area contributed by atoms with Gasteiger partial charge in [-0.15, -0.1) is 0 Å². The predicted octanol–water partition coefficient (Wildman–Crippen LogP) is 6.07. The second kappa shape index (κ2) is 16.3. The minimum absolute atomic E-state index is 0.0747. The predicted molar refractivity (Wildman–Crippen MR) is 189 cm³/mol. The lowest BCUT2D eigenvalue weighted by atomic mass is 10.0. The van der Waals surface area contributed by atoms with Crippen LogP contribution in [0.5, 0.6) is 11.5 Å². The Morgan fingerprint density at radius 3 is 2.10 bits per heavy atom. The van der Waals surface area contributed by atoms with Gasteiger partial charge in [0.15, 0.2) is 11.5 Å². The van der Waals surface area contributed by atoms with Crippen molar-refractivity contribution in [2.45, 2.75) is 64.1 Å². The first kappa shape index (κ1) is 36.0. The van der Waals surface area contributed by atoms with Crippen LogP contribution in [-0.4, -0.2) is 58.0 Å². The van der Waals surface area contributed by atoms with E-state index in [2.05, 4.69) is 5.32 Å². The SMILES string of the molecule is CC[C@H](C)NC(=O)[C@@H](Cc1ccccc1)N(Cc1ccccc1C)C(=O)CN(c1ccc(C)cc1)S(=O)(=O)c1ccc(OC)c(OC)c1. The smallest absolute Gasteiger partial charge is 0.264 e. The molecular weight excluding hydrogens is 627 g/mol. The maximum absolute atomic E-state index is 14.7. The van der Waals surface area contributed by atoms with Crippen LogP contribution in [0.25, 0.3) is 0 Å². The first-order valence-electron chi connectivity index (χ1n) is 16.0. The van der Waals surface area contributed by atoms with Gasteiger partial charge in [-0.25, -0.2) is 8.42 Å². The van der Waals surface area contributed by atoms with Crippen LogP contribution in [0.4, 0.5) is 5.69 Å². The fourth-order valence-corrected chi connectivity index (χ4v) is 6.74. The Balaban J connectivity index is 1.84. The minimum Gasteiger partial charge on any atom is -0.493 e. The maximum atomic E-state index is 14.7. The molecule has 254 valence electrons. The molecular formula is C38H45N3O6S. The van der Waals surface area contributed by atoms with Gasteiger partial charge in [-0.3, -0.25) is 13.9 Å². The molecule has 4 rings (SSSR count). The molecule has 48 heavy (non-hydrogen) atoms. The van der Waals surface area contributed by atoms with Gasteiger partial charge < -0.3 is 19.7 Å². The summed E-state index contributed by atoms with van der Waals surface area (Å²) < 4.78 is 40.6. The van der Waals surface area contributed by atoms with Gasteiger partial charge in [0.1, 0.15) is 12.6 Å². The third kappa shape index (κ3) is 8.74. The molecule has 0 saturated carbocycles. The van der Waals surface area contributed by atoms with Crippen LogP contribution in [0.15, 0.2) is 102 Å². The lowest BCUT2D eigenvalue weighted by Crippen LogP contribution is -2.54. The third-order valence-corrected chi connectivity index (χ3v) is 10.2. The van der Waals surface area contributed by atoms with E-state index in [9.17, 15) is 18.0 Å². The molecule has 4 aromatic carbocycles. The zero-order valence-corrected chi connectivity index (χ0v) is 29.3. The number of aryl methyl sites for hydroxylation is 2. The minimum atomic E-state index is -4.31. The quantitative estimate of drug-likeness (QED) is 0.165. The van der Waals surface area contributed by atoms with Crippen LogP contribution in [0.3, 0.4) is 0 Å². The normalized spacial score (nSPS) is 12.5.